The van der Waals surface area contributed by atoms with Gasteiger partial charge in [-0.05, 0) is 44.4 Å². The van der Waals surface area contributed by atoms with Crippen LogP contribution in [0.5, 0.6) is 5.75 Å². The van der Waals surface area contributed by atoms with Crippen LogP contribution < -0.4 is 10.1 Å². The Hall–Kier alpha value is -0.930. The highest BCUT2D eigenvalue weighted by molar-refractivity contribution is 6.30. The number of benzene rings is 1. The molecule has 1 saturated heterocycles. The summed E-state index contributed by atoms with van der Waals surface area (Å²) in [6, 6.07) is 7.73. The third-order valence-electron chi connectivity index (χ3n) is 4.16. The quantitative estimate of drug-likeness (QED) is 0.915. The summed E-state index contributed by atoms with van der Waals surface area (Å²) in [6.07, 6.45) is 3.93. The second-order valence-corrected chi connectivity index (χ2v) is 6.13. The molecule has 2 atom stereocenters. The zero-order valence-electron chi connectivity index (χ0n) is 11.5. The first-order chi connectivity index (χ1) is 9.17. The predicted molar refractivity (Wildman–Crippen MR) is 79.2 cm³/mol. The first-order valence-corrected chi connectivity index (χ1v) is 7.41. The molecule has 1 heterocycles. The van der Waals surface area contributed by atoms with Gasteiger partial charge in [-0.15, -0.1) is 0 Å². The molecule has 4 heteroatoms. The van der Waals surface area contributed by atoms with E-state index in [4.69, 9.17) is 16.3 Å². The van der Waals surface area contributed by atoms with Crippen LogP contribution in [-0.2, 0) is 0 Å². The Balaban J connectivity index is 1.70. The number of likely N-dealkylation sites (tertiary alicyclic amines) is 1. The number of methoxy groups -OCH3 is 1. The van der Waals surface area contributed by atoms with Gasteiger partial charge in [0.2, 0.25) is 0 Å². The van der Waals surface area contributed by atoms with E-state index in [9.17, 15) is 0 Å². The summed E-state index contributed by atoms with van der Waals surface area (Å²) in [7, 11) is 1.70. The van der Waals surface area contributed by atoms with Crippen molar-refractivity contribution in [1.29, 1.82) is 0 Å². The molecule has 0 bridgehead atoms. The highest BCUT2D eigenvalue weighted by Crippen LogP contribution is 2.35. The van der Waals surface area contributed by atoms with Gasteiger partial charge in [0, 0.05) is 29.7 Å². The van der Waals surface area contributed by atoms with Crippen LogP contribution in [0.2, 0.25) is 5.02 Å². The van der Waals surface area contributed by atoms with Crippen molar-refractivity contribution in [2.75, 3.05) is 19.0 Å². The highest BCUT2D eigenvalue weighted by atomic mass is 35.5. The van der Waals surface area contributed by atoms with Gasteiger partial charge in [-0.2, -0.15) is 0 Å². The Morgan fingerprint density at radius 3 is 2.84 bits per heavy atom. The summed E-state index contributed by atoms with van der Waals surface area (Å²) < 4.78 is 5.39. The van der Waals surface area contributed by atoms with Gasteiger partial charge in [-0.25, -0.2) is 0 Å². The molecular formula is C15H21ClN2O. The van der Waals surface area contributed by atoms with Gasteiger partial charge in [-0.1, -0.05) is 11.6 Å². The van der Waals surface area contributed by atoms with E-state index in [2.05, 4.69) is 17.1 Å². The summed E-state index contributed by atoms with van der Waals surface area (Å²) in [4.78, 5) is 2.63. The number of halogens is 1. The summed E-state index contributed by atoms with van der Waals surface area (Å²) in [5.41, 5.74) is 1.00. The molecule has 1 aromatic rings. The first kappa shape index (κ1) is 13.1. The van der Waals surface area contributed by atoms with Crippen molar-refractivity contribution in [2.24, 2.45) is 0 Å². The predicted octanol–water partition coefficient (Wildman–Crippen LogP) is 3.39. The SMILES string of the molecule is COc1ccc(Cl)cc1NC1CC(C)N(C2CC2)C1. The Morgan fingerprint density at radius 1 is 1.37 bits per heavy atom. The normalized spacial score (nSPS) is 27.5. The van der Waals surface area contributed by atoms with Gasteiger partial charge < -0.3 is 10.1 Å². The third-order valence-corrected chi connectivity index (χ3v) is 4.40. The number of anilines is 1. The second kappa shape index (κ2) is 5.22. The van der Waals surface area contributed by atoms with Gasteiger partial charge >= 0.3 is 0 Å². The maximum absolute atomic E-state index is 6.07. The molecule has 2 unspecified atom stereocenters. The number of nitrogens with zero attached hydrogens (tertiary/aromatic N) is 1. The maximum Gasteiger partial charge on any atom is 0.142 e. The van der Waals surface area contributed by atoms with Gasteiger partial charge in [0.05, 0.1) is 12.8 Å². The van der Waals surface area contributed by atoms with Crippen molar-refractivity contribution >= 4 is 17.3 Å². The molecule has 1 aliphatic carbocycles. The van der Waals surface area contributed by atoms with E-state index >= 15 is 0 Å². The molecule has 1 N–H and O–H groups in total. The van der Waals surface area contributed by atoms with Crippen molar-refractivity contribution in [2.45, 2.75) is 44.3 Å². The molecule has 1 aliphatic heterocycles. The van der Waals surface area contributed by atoms with Crippen LogP contribution in [-0.4, -0.2) is 36.7 Å². The molecule has 2 fully saturated rings. The minimum atomic E-state index is 0.489. The minimum absolute atomic E-state index is 0.489. The molecule has 1 saturated carbocycles. The van der Waals surface area contributed by atoms with E-state index in [-0.39, 0.29) is 0 Å². The molecule has 0 aromatic heterocycles. The van der Waals surface area contributed by atoms with Crippen LogP contribution in [0, 0.1) is 0 Å². The van der Waals surface area contributed by atoms with Gasteiger partial charge in [0.15, 0.2) is 0 Å². The van der Waals surface area contributed by atoms with Gasteiger partial charge in [0.25, 0.3) is 0 Å². The van der Waals surface area contributed by atoms with E-state index in [1.54, 1.807) is 7.11 Å². The zero-order valence-corrected chi connectivity index (χ0v) is 12.3. The topological polar surface area (TPSA) is 24.5 Å². The fourth-order valence-corrected chi connectivity index (χ4v) is 3.26. The number of nitrogens with one attached hydrogen (secondary N) is 1. The molecule has 0 radical (unpaired) electrons. The molecule has 0 spiro atoms. The third kappa shape index (κ3) is 2.82. The van der Waals surface area contributed by atoms with E-state index in [0.29, 0.717) is 12.1 Å². The zero-order chi connectivity index (χ0) is 13.4. The number of ether oxygens (including phenoxy) is 1. The lowest BCUT2D eigenvalue weighted by Crippen LogP contribution is -2.31. The van der Waals surface area contributed by atoms with E-state index in [0.717, 1.165) is 29.0 Å². The molecule has 19 heavy (non-hydrogen) atoms. The van der Waals surface area contributed by atoms with Crippen LogP contribution in [0.15, 0.2) is 18.2 Å². The van der Waals surface area contributed by atoms with E-state index in [1.165, 1.54) is 19.3 Å². The summed E-state index contributed by atoms with van der Waals surface area (Å²) in [5, 5.41) is 4.34. The van der Waals surface area contributed by atoms with Crippen molar-refractivity contribution in [3.63, 3.8) is 0 Å². The fraction of sp³-hybridized carbons (Fsp3) is 0.600. The highest BCUT2D eigenvalue weighted by Gasteiger charge is 2.38. The van der Waals surface area contributed by atoms with Crippen LogP contribution in [0.3, 0.4) is 0 Å². The first-order valence-electron chi connectivity index (χ1n) is 7.03. The monoisotopic (exact) mass is 280 g/mol. The van der Waals surface area contributed by atoms with Gasteiger partial charge in [0.1, 0.15) is 5.75 Å². The van der Waals surface area contributed by atoms with Gasteiger partial charge in [-0.3, -0.25) is 4.90 Å². The molecule has 104 valence electrons. The molecule has 3 nitrogen and oxygen atoms in total. The Kier molecular flexibility index (Phi) is 3.59. The number of hydrogen-bond acceptors (Lipinski definition) is 3. The van der Waals surface area contributed by atoms with E-state index < -0.39 is 0 Å². The summed E-state index contributed by atoms with van der Waals surface area (Å²) in [5.74, 6) is 0.863. The average Bonchev–Trinajstić information content (AvgIpc) is 3.15. The molecule has 3 rings (SSSR count). The summed E-state index contributed by atoms with van der Waals surface area (Å²) in [6.45, 7) is 3.46. The molecular weight excluding hydrogens is 260 g/mol. The summed E-state index contributed by atoms with van der Waals surface area (Å²) >= 11 is 6.07. The van der Waals surface area contributed by atoms with Crippen LogP contribution in [0.1, 0.15) is 26.2 Å². The van der Waals surface area contributed by atoms with Crippen molar-refractivity contribution in [3.05, 3.63) is 23.2 Å². The Bertz CT molecular complexity index is 461. The fourth-order valence-electron chi connectivity index (χ4n) is 3.09. The standard InChI is InChI=1S/C15H21ClN2O/c1-10-7-12(9-18(10)13-4-5-13)17-14-8-11(16)3-6-15(14)19-2/h3,6,8,10,12-13,17H,4-5,7,9H2,1-2H3. The van der Waals surface area contributed by atoms with Crippen molar-refractivity contribution in [1.82, 2.24) is 4.90 Å². The second-order valence-electron chi connectivity index (χ2n) is 5.70. The van der Waals surface area contributed by atoms with Crippen LogP contribution >= 0.6 is 11.6 Å². The van der Waals surface area contributed by atoms with Crippen LogP contribution in [0.25, 0.3) is 0 Å². The number of rotatable bonds is 4. The van der Waals surface area contributed by atoms with Crippen molar-refractivity contribution < 1.29 is 4.74 Å². The molecule has 0 amide bonds. The molecule has 1 aromatic carbocycles. The maximum atomic E-state index is 6.07. The smallest absolute Gasteiger partial charge is 0.142 e. The lowest BCUT2D eigenvalue weighted by molar-refractivity contribution is 0.257. The lowest BCUT2D eigenvalue weighted by Gasteiger charge is -2.20. The average molecular weight is 281 g/mol. The Labute approximate surface area is 119 Å². The number of hydrogen-bond donors (Lipinski definition) is 1. The van der Waals surface area contributed by atoms with Crippen molar-refractivity contribution in [3.8, 4) is 5.75 Å². The van der Waals surface area contributed by atoms with E-state index in [1.807, 2.05) is 18.2 Å². The largest absolute Gasteiger partial charge is 0.495 e. The van der Waals surface area contributed by atoms with Crippen LogP contribution in [0.4, 0.5) is 5.69 Å². The molecule has 2 aliphatic rings. The Morgan fingerprint density at radius 2 is 2.16 bits per heavy atom. The minimum Gasteiger partial charge on any atom is -0.495 e. The lowest BCUT2D eigenvalue weighted by atomic mass is 10.2.